The van der Waals surface area contributed by atoms with Crippen LogP contribution in [0.4, 0.5) is 5.69 Å². The first-order valence-corrected chi connectivity index (χ1v) is 10.8. The lowest BCUT2D eigenvalue weighted by atomic mass is 10.2. The Hall–Kier alpha value is -2.08. The Labute approximate surface area is 177 Å². The maximum Gasteiger partial charge on any atom is 0.241 e. The largest absolute Gasteiger partial charge is 0.493 e. The fraction of sp³-hybridized carbons (Fsp3) is 0.435. The van der Waals surface area contributed by atoms with Gasteiger partial charge in [-0.15, -0.1) is 0 Å². The second-order valence-electron chi connectivity index (χ2n) is 7.70. The number of carbonyl (C=O) groups is 1. The second kappa shape index (κ2) is 9.61. The SMILES string of the molecule is O=C(CN1CCN(CCCOc2cccc(Cl)c2)CC1)N1CCc2ccccc21. The molecule has 2 aliphatic rings. The van der Waals surface area contributed by atoms with Crippen LogP contribution >= 0.6 is 11.6 Å². The first-order chi connectivity index (χ1) is 14.2. The normalized spacial score (nSPS) is 17.3. The fourth-order valence-electron chi connectivity index (χ4n) is 4.08. The average molecular weight is 414 g/mol. The first-order valence-electron chi connectivity index (χ1n) is 10.4. The zero-order valence-corrected chi connectivity index (χ0v) is 17.5. The fourth-order valence-corrected chi connectivity index (χ4v) is 4.26. The third-order valence-electron chi connectivity index (χ3n) is 5.70. The van der Waals surface area contributed by atoms with Crippen molar-refractivity contribution in [3.63, 3.8) is 0 Å². The van der Waals surface area contributed by atoms with E-state index in [-0.39, 0.29) is 5.91 Å². The third-order valence-corrected chi connectivity index (χ3v) is 5.93. The van der Waals surface area contributed by atoms with Crippen LogP contribution in [0.5, 0.6) is 5.75 Å². The van der Waals surface area contributed by atoms with E-state index in [0.717, 1.165) is 63.5 Å². The monoisotopic (exact) mass is 413 g/mol. The molecule has 0 aliphatic carbocycles. The molecule has 0 saturated carbocycles. The molecule has 0 bridgehead atoms. The van der Waals surface area contributed by atoms with Crippen molar-refractivity contribution in [1.82, 2.24) is 9.80 Å². The number of fused-ring (bicyclic) bond motifs is 1. The Morgan fingerprint density at radius 2 is 1.76 bits per heavy atom. The van der Waals surface area contributed by atoms with Gasteiger partial charge in [-0.05, 0) is 42.7 Å². The summed E-state index contributed by atoms with van der Waals surface area (Å²) in [6.07, 6.45) is 1.95. The van der Waals surface area contributed by atoms with Crippen LogP contribution in [0.25, 0.3) is 0 Å². The molecule has 0 unspecified atom stereocenters. The lowest BCUT2D eigenvalue weighted by Gasteiger charge is -2.35. The molecule has 0 spiro atoms. The van der Waals surface area contributed by atoms with Gasteiger partial charge in [0, 0.05) is 50.0 Å². The van der Waals surface area contributed by atoms with Crippen molar-refractivity contribution in [3.05, 3.63) is 59.1 Å². The van der Waals surface area contributed by atoms with Crippen LogP contribution in [0.1, 0.15) is 12.0 Å². The van der Waals surface area contributed by atoms with Gasteiger partial charge in [-0.2, -0.15) is 0 Å². The summed E-state index contributed by atoms with van der Waals surface area (Å²) in [4.78, 5) is 19.5. The molecular weight excluding hydrogens is 386 g/mol. The Bertz CT molecular complexity index is 836. The van der Waals surface area contributed by atoms with Gasteiger partial charge in [0.15, 0.2) is 0 Å². The summed E-state index contributed by atoms with van der Waals surface area (Å²) in [6.45, 7) is 6.91. The van der Waals surface area contributed by atoms with Crippen molar-refractivity contribution < 1.29 is 9.53 Å². The molecule has 0 radical (unpaired) electrons. The second-order valence-corrected chi connectivity index (χ2v) is 8.14. The maximum atomic E-state index is 12.8. The molecule has 2 aliphatic heterocycles. The number of amides is 1. The van der Waals surface area contributed by atoms with Crippen LogP contribution in [0.2, 0.25) is 5.02 Å². The molecule has 1 saturated heterocycles. The lowest BCUT2D eigenvalue weighted by Crippen LogP contribution is -2.50. The predicted molar refractivity (Wildman–Crippen MR) is 117 cm³/mol. The highest BCUT2D eigenvalue weighted by atomic mass is 35.5. The molecule has 1 fully saturated rings. The standard InChI is InChI=1S/C23H28ClN3O2/c24-20-6-3-7-21(17-20)29-16-4-10-25-12-14-26(15-13-25)18-23(28)27-11-9-19-5-1-2-8-22(19)27/h1-3,5-8,17H,4,9-16,18H2. The van der Waals surface area contributed by atoms with Gasteiger partial charge in [-0.3, -0.25) is 9.69 Å². The van der Waals surface area contributed by atoms with Crippen LogP contribution in [0.15, 0.2) is 48.5 Å². The van der Waals surface area contributed by atoms with Gasteiger partial charge in [0.05, 0.1) is 13.2 Å². The van der Waals surface area contributed by atoms with E-state index in [2.05, 4.69) is 21.9 Å². The summed E-state index contributed by atoms with van der Waals surface area (Å²) in [5.74, 6) is 1.04. The molecule has 4 rings (SSSR count). The highest BCUT2D eigenvalue weighted by molar-refractivity contribution is 6.30. The van der Waals surface area contributed by atoms with E-state index in [0.29, 0.717) is 18.2 Å². The minimum Gasteiger partial charge on any atom is -0.493 e. The van der Waals surface area contributed by atoms with Crippen LogP contribution in [-0.2, 0) is 11.2 Å². The van der Waals surface area contributed by atoms with Crippen LogP contribution in [0.3, 0.4) is 0 Å². The number of hydrogen-bond acceptors (Lipinski definition) is 4. The summed E-state index contributed by atoms with van der Waals surface area (Å²) >= 11 is 5.98. The maximum absolute atomic E-state index is 12.8. The number of carbonyl (C=O) groups excluding carboxylic acids is 1. The molecular formula is C23H28ClN3O2. The van der Waals surface area contributed by atoms with Gasteiger partial charge in [0.1, 0.15) is 5.75 Å². The summed E-state index contributed by atoms with van der Waals surface area (Å²) in [5.41, 5.74) is 2.38. The van der Waals surface area contributed by atoms with Crippen molar-refractivity contribution in [1.29, 1.82) is 0 Å². The van der Waals surface area contributed by atoms with E-state index in [1.54, 1.807) is 0 Å². The number of halogens is 1. The number of anilines is 1. The van der Waals surface area contributed by atoms with Crippen LogP contribution in [-0.4, -0.2) is 68.1 Å². The Morgan fingerprint density at radius 3 is 2.59 bits per heavy atom. The number of rotatable bonds is 7. The van der Waals surface area contributed by atoms with E-state index in [9.17, 15) is 4.79 Å². The lowest BCUT2D eigenvalue weighted by molar-refractivity contribution is -0.120. The summed E-state index contributed by atoms with van der Waals surface area (Å²) in [7, 11) is 0. The Kier molecular flexibility index (Phi) is 6.70. The number of ether oxygens (including phenoxy) is 1. The Morgan fingerprint density at radius 1 is 0.966 bits per heavy atom. The predicted octanol–water partition coefficient (Wildman–Crippen LogP) is 3.32. The van der Waals surface area contributed by atoms with Crippen molar-refractivity contribution in [3.8, 4) is 5.75 Å². The van der Waals surface area contributed by atoms with Gasteiger partial charge in [-0.1, -0.05) is 35.9 Å². The number of piperazine rings is 1. The van der Waals surface area contributed by atoms with Gasteiger partial charge < -0.3 is 14.5 Å². The molecule has 1 amide bonds. The smallest absolute Gasteiger partial charge is 0.241 e. The van der Waals surface area contributed by atoms with E-state index in [1.807, 2.05) is 41.3 Å². The number of nitrogens with zero attached hydrogens (tertiary/aromatic N) is 3. The van der Waals surface area contributed by atoms with Crippen molar-refractivity contribution >= 4 is 23.2 Å². The van der Waals surface area contributed by atoms with E-state index < -0.39 is 0 Å². The Balaban J connectivity index is 1.15. The highest BCUT2D eigenvalue weighted by Gasteiger charge is 2.26. The molecule has 5 nitrogen and oxygen atoms in total. The number of hydrogen-bond donors (Lipinski definition) is 0. The molecule has 29 heavy (non-hydrogen) atoms. The topological polar surface area (TPSA) is 36.0 Å². The van der Waals surface area contributed by atoms with Gasteiger partial charge in [0.2, 0.25) is 5.91 Å². The van der Waals surface area contributed by atoms with E-state index in [1.165, 1.54) is 5.56 Å². The summed E-state index contributed by atoms with van der Waals surface area (Å²) in [6, 6.07) is 15.8. The quantitative estimate of drug-likeness (QED) is 0.652. The average Bonchev–Trinajstić information content (AvgIpc) is 3.17. The molecule has 2 heterocycles. The molecule has 2 aromatic rings. The van der Waals surface area contributed by atoms with Crippen LogP contribution < -0.4 is 9.64 Å². The highest BCUT2D eigenvalue weighted by Crippen LogP contribution is 2.27. The molecule has 0 atom stereocenters. The first kappa shape index (κ1) is 20.2. The van der Waals surface area contributed by atoms with E-state index in [4.69, 9.17) is 16.3 Å². The third kappa shape index (κ3) is 5.30. The van der Waals surface area contributed by atoms with Crippen molar-refractivity contribution in [2.24, 2.45) is 0 Å². The molecule has 0 aromatic heterocycles. The zero-order chi connectivity index (χ0) is 20.1. The minimum absolute atomic E-state index is 0.221. The van der Waals surface area contributed by atoms with E-state index >= 15 is 0 Å². The molecule has 0 N–H and O–H groups in total. The van der Waals surface area contributed by atoms with Gasteiger partial charge in [0.25, 0.3) is 0 Å². The summed E-state index contributed by atoms with van der Waals surface area (Å²) in [5, 5.41) is 0.700. The number of para-hydroxylation sites is 1. The molecule has 2 aromatic carbocycles. The van der Waals surface area contributed by atoms with Crippen molar-refractivity contribution in [2.75, 3.05) is 57.3 Å². The molecule has 154 valence electrons. The number of benzene rings is 2. The van der Waals surface area contributed by atoms with Crippen LogP contribution in [0, 0.1) is 0 Å². The van der Waals surface area contributed by atoms with Gasteiger partial charge >= 0.3 is 0 Å². The minimum atomic E-state index is 0.221. The van der Waals surface area contributed by atoms with Crippen molar-refractivity contribution in [2.45, 2.75) is 12.8 Å². The van der Waals surface area contributed by atoms with Gasteiger partial charge in [-0.25, -0.2) is 0 Å². The molecule has 6 heteroatoms. The summed E-state index contributed by atoms with van der Waals surface area (Å²) < 4.78 is 5.77. The zero-order valence-electron chi connectivity index (χ0n) is 16.7.